The molecule has 2 N–H and O–H groups in total. The maximum atomic E-state index is 15.0. The fraction of sp³-hybridized carbons (Fsp3) is 0.667. The molecule has 2 bridgehead atoms. The molecule has 6 nitrogen and oxygen atoms in total. The third kappa shape index (κ3) is 4.31. The summed E-state index contributed by atoms with van der Waals surface area (Å²) < 4.78 is 20.3. The number of ketones is 1. The maximum Gasteiger partial charge on any atom is 0.409 e. The van der Waals surface area contributed by atoms with Crippen LogP contribution in [0.1, 0.15) is 84.6 Å². The molecule has 0 aliphatic heterocycles. The molecule has 8 heteroatoms. The minimum Gasteiger partial charge on any atom is -0.450 e. The second-order valence-electron chi connectivity index (χ2n) is 14.7. The Kier molecular flexibility index (Phi) is 7.90. The van der Waals surface area contributed by atoms with E-state index in [4.69, 9.17) is 16.3 Å². The number of benzene rings is 1. The van der Waals surface area contributed by atoms with Crippen molar-refractivity contribution in [3.8, 4) is 0 Å². The Hall–Kier alpha value is -2.22. The largest absolute Gasteiger partial charge is 0.450 e. The molecule has 2 spiro atoms. The summed E-state index contributed by atoms with van der Waals surface area (Å²) in [4.78, 5) is 29.1. The zero-order valence-electron chi connectivity index (χ0n) is 26.5. The van der Waals surface area contributed by atoms with Crippen molar-refractivity contribution in [3.05, 3.63) is 58.4 Å². The lowest BCUT2D eigenvalue weighted by Crippen LogP contribution is -2.67. The topological polar surface area (TPSA) is 87.1 Å². The minimum absolute atomic E-state index is 0.0612. The van der Waals surface area contributed by atoms with Gasteiger partial charge in [0.25, 0.3) is 0 Å². The quantitative estimate of drug-likeness (QED) is 0.302. The van der Waals surface area contributed by atoms with E-state index in [1.165, 1.54) is 6.07 Å². The summed E-state index contributed by atoms with van der Waals surface area (Å²) in [6.45, 7) is 9.22. The van der Waals surface area contributed by atoms with Crippen LogP contribution in [0.4, 0.5) is 9.18 Å². The molecule has 1 aromatic rings. The number of fused-ring (bicyclic) bond motifs is 1. The van der Waals surface area contributed by atoms with Gasteiger partial charge in [0, 0.05) is 45.4 Å². The van der Waals surface area contributed by atoms with Crippen molar-refractivity contribution in [1.29, 1.82) is 0 Å². The zero-order chi connectivity index (χ0) is 31.7. The second-order valence-corrected chi connectivity index (χ2v) is 15.1. The van der Waals surface area contributed by atoms with Crippen LogP contribution in [0.15, 0.2) is 42.0 Å². The van der Waals surface area contributed by atoms with E-state index < -0.39 is 39.9 Å². The molecule has 6 aliphatic carbocycles. The number of carbonyl (C=O) groups excluding carboxylic acids is 2. The maximum absolute atomic E-state index is 15.0. The number of aliphatic hydroxyl groups is 2. The summed E-state index contributed by atoms with van der Waals surface area (Å²) >= 11 is 6.41. The van der Waals surface area contributed by atoms with Crippen LogP contribution >= 0.6 is 11.6 Å². The molecule has 3 saturated carbocycles. The number of ether oxygens (including phenoxy) is 1. The Morgan fingerprint density at radius 1 is 1.07 bits per heavy atom. The molecule has 3 fully saturated rings. The van der Waals surface area contributed by atoms with E-state index in [2.05, 4.69) is 32.1 Å². The normalized spacial score (nSPS) is 40.1. The van der Waals surface area contributed by atoms with Crippen LogP contribution in [-0.2, 0) is 16.0 Å². The van der Waals surface area contributed by atoms with Crippen LogP contribution in [0.3, 0.4) is 0 Å². The highest BCUT2D eigenvalue weighted by Crippen LogP contribution is 2.78. The monoisotopic (exact) mass is 627 g/mol. The number of nitrogens with zero attached hydrogens (tertiary/aromatic N) is 1. The molecule has 1 unspecified atom stereocenters. The number of hydrogen-bond donors (Lipinski definition) is 2. The van der Waals surface area contributed by atoms with Gasteiger partial charge < -0.3 is 19.8 Å². The highest BCUT2D eigenvalue weighted by Gasteiger charge is 2.74. The number of amides is 1. The Bertz CT molecular complexity index is 1390. The fourth-order valence-electron chi connectivity index (χ4n) is 10.6. The minimum atomic E-state index is -1.16. The van der Waals surface area contributed by atoms with E-state index in [9.17, 15) is 24.2 Å². The molecule has 1 amide bonds. The Morgan fingerprint density at radius 2 is 1.77 bits per heavy atom. The van der Waals surface area contributed by atoms with Gasteiger partial charge in [0.2, 0.25) is 0 Å². The van der Waals surface area contributed by atoms with Crippen molar-refractivity contribution in [3.63, 3.8) is 0 Å². The molecule has 0 radical (unpaired) electrons. The van der Waals surface area contributed by atoms with E-state index in [0.717, 1.165) is 32.1 Å². The summed E-state index contributed by atoms with van der Waals surface area (Å²) in [6, 6.07) is 4.50. The van der Waals surface area contributed by atoms with Crippen molar-refractivity contribution in [2.45, 2.75) is 97.2 Å². The van der Waals surface area contributed by atoms with Crippen LogP contribution in [0.25, 0.3) is 0 Å². The van der Waals surface area contributed by atoms with Crippen molar-refractivity contribution in [2.75, 3.05) is 19.7 Å². The molecule has 1 aromatic carbocycles. The Morgan fingerprint density at radius 3 is 2.48 bits per heavy atom. The molecule has 0 saturated heterocycles. The van der Waals surface area contributed by atoms with Crippen molar-refractivity contribution in [1.82, 2.24) is 4.90 Å². The van der Waals surface area contributed by atoms with Gasteiger partial charge in [-0.2, -0.15) is 0 Å². The number of rotatable bonds is 8. The summed E-state index contributed by atoms with van der Waals surface area (Å²) in [7, 11) is 0. The van der Waals surface area contributed by atoms with Gasteiger partial charge in [-0.05, 0) is 87.7 Å². The first-order valence-electron chi connectivity index (χ1n) is 16.5. The van der Waals surface area contributed by atoms with Gasteiger partial charge >= 0.3 is 6.09 Å². The van der Waals surface area contributed by atoms with Gasteiger partial charge in [0.1, 0.15) is 5.82 Å². The van der Waals surface area contributed by atoms with Crippen LogP contribution < -0.4 is 0 Å². The van der Waals surface area contributed by atoms with Crippen LogP contribution in [-0.4, -0.2) is 58.4 Å². The molecule has 0 heterocycles. The summed E-state index contributed by atoms with van der Waals surface area (Å²) in [5.41, 5.74) is -2.13. The molecular weight excluding hydrogens is 581 g/mol. The molecule has 7 rings (SSSR count). The van der Waals surface area contributed by atoms with Crippen molar-refractivity contribution < 1.29 is 28.9 Å². The average molecular weight is 628 g/mol. The Labute approximate surface area is 265 Å². The predicted octanol–water partition coefficient (Wildman–Crippen LogP) is 7.05. The molecule has 6 aliphatic rings. The first-order valence-corrected chi connectivity index (χ1v) is 16.9. The smallest absolute Gasteiger partial charge is 0.409 e. The molecule has 8 atom stereocenters. The van der Waals surface area contributed by atoms with Crippen LogP contribution in [0.2, 0.25) is 5.02 Å². The molecule has 0 aromatic heterocycles. The van der Waals surface area contributed by atoms with Gasteiger partial charge in [-0.15, -0.1) is 0 Å². The van der Waals surface area contributed by atoms with E-state index >= 15 is 0 Å². The van der Waals surface area contributed by atoms with E-state index in [0.29, 0.717) is 31.4 Å². The standard InChI is InChI=1S/C36H47ClFNO5/c1-5-18-39(31(42)44-6-2)22-35(43)15-12-30-33(35,4)14-11-29-32(3)13-10-23(40)20-34(32)16-17-36(29,30)25(21-34)28(41)19-24-26(37)8-7-9-27(24)38/h7-9,16-17,21,23,29-30,40,43H,5-6,10-15,18-20,22H2,1-4H3/t23?,29-,30-,32-,33+,34+,35-,36-/m1/s1. The number of hydrogen-bond acceptors (Lipinski definition) is 5. The lowest BCUT2D eigenvalue weighted by molar-refractivity contribution is -0.178. The summed E-state index contributed by atoms with van der Waals surface area (Å²) in [5.74, 6) is -0.572. The van der Waals surface area contributed by atoms with Gasteiger partial charge in [-0.3, -0.25) is 4.79 Å². The lowest BCUT2D eigenvalue weighted by atomic mass is 9.32. The van der Waals surface area contributed by atoms with E-state index in [1.807, 2.05) is 6.92 Å². The van der Waals surface area contributed by atoms with Gasteiger partial charge in [0.15, 0.2) is 5.78 Å². The number of aliphatic hydroxyl groups excluding tert-OH is 1. The number of Topliss-reactive ketones (excluding diaryl/α,β-unsaturated/α-hetero) is 1. The highest BCUT2D eigenvalue weighted by atomic mass is 35.5. The summed E-state index contributed by atoms with van der Waals surface area (Å²) in [6.07, 6.45) is 11.3. The SMILES string of the molecule is CCCN(C[C@]1(O)CC[C@H]2[C@]34C=C[C@@]5(C=C3C(=O)Cc3c(F)cccc3Cl)CC(O)CC[C@]5(C)[C@H]4CC[C@@]21C)C(=O)OCC. The van der Waals surface area contributed by atoms with Crippen LogP contribution in [0.5, 0.6) is 0 Å². The third-order valence-electron chi connectivity index (χ3n) is 12.9. The number of carbonyl (C=O) groups is 2. The van der Waals surface area contributed by atoms with E-state index in [1.54, 1.807) is 24.0 Å². The van der Waals surface area contributed by atoms with Crippen molar-refractivity contribution >= 4 is 23.5 Å². The molecule has 44 heavy (non-hydrogen) atoms. The first-order chi connectivity index (χ1) is 20.8. The third-order valence-corrected chi connectivity index (χ3v) is 13.2. The molecule has 240 valence electrons. The average Bonchev–Trinajstić information content (AvgIpc) is 3.25. The lowest BCUT2D eigenvalue weighted by Gasteiger charge is -2.71. The van der Waals surface area contributed by atoms with Crippen molar-refractivity contribution in [2.24, 2.45) is 33.5 Å². The Balaban J connectivity index is 1.45. The first kappa shape index (κ1) is 31.7. The fourth-order valence-corrected chi connectivity index (χ4v) is 10.9. The van der Waals surface area contributed by atoms with Gasteiger partial charge in [-0.1, -0.05) is 56.7 Å². The zero-order valence-corrected chi connectivity index (χ0v) is 27.3. The summed E-state index contributed by atoms with van der Waals surface area (Å²) in [5, 5.41) is 23.7. The molecular formula is C36H47ClFNO5. The number of halogens is 2. The second kappa shape index (κ2) is 10.9. The highest BCUT2D eigenvalue weighted by molar-refractivity contribution is 6.31. The predicted molar refractivity (Wildman–Crippen MR) is 168 cm³/mol. The van der Waals surface area contributed by atoms with E-state index in [-0.39, 0.29) is 53.2 Å². The van der Waals surface area contributed by atoms with Gasteiger partial charge in [0.05, 0.1) is 24.9 Å². The van der Waals surface area contributed by atoms with Gasteiger partial charge in [-0.25, -0.2) is 9.18 Å². The van der Waals surface area contributed by atoms with Crippen LogP contribution in [0, 0.1) is 39.3 Å². The number of allylic oxidation sites excluding steroid dienone is 4.